The minimum Gasteiger partial charge on any atom is -0.376 e. The Labute approximate surface area is 125 Å². The highest BCUT2D eigenvalue weighted by atomic mass is 19.1. The predicted octanol–water partition coefficient (Wildman–Crippen LogP) is 2.48. The molecule has 0 radical (unpaired) electrons. The highest BCUT2D eigenvalue weighted by Crippen LogP contribution is 2.22. The van der Waals surface area contributed by atoms with Crippen LogP contribution >= 0.6 is 0 Å². The number of hydrogen-bond donors (Lipinski definition) is 2. The molecular weight excluding hydrogens is 292 g/mol. The molecule has 1 aromatic heterocycles. The highest BCUT2D eigenvalue weighted by molar-refractivity contribution is 5.57. The number of hydrogen-bond acceptors (Lipinski definition) is 6. The number of nitrogens with zero attached hydrogens (tertiary/aromatic N) is 3. The van der Waals surface area contributed by atoms with Crippen LogP contribution in [0.1, 0.15) is 12.8 Å². The molecule has 8 heteroatoms. The third-order valence-corrected chi connectivity index (χ3v) is 3.29. The van der Waals surface area contributed by atoms with Crippen LogP contribution in [-0.2, 0) is 4.74 Å². The number of anilines is 3. The number of benzene rings is 1. The molecule has 1 aromatic carbocycles. The van der Waals surface area contributed by atoms with Crippen molar-refractivity contribution in [1.82, 2.24) is 15.2 Å². The largest absolute Gasteiger partial charge is 0.376 e. The number of aromatic nitrogens is 3. The van der Waals surface area contributed by atoms with Gasteiger partial charge in [0.05, 0.1) is 12.3 Å². The van der Waals surface area contributed by atoms with Crippen molar-refractivity contribution in [2.45, 2.75) is 18.9 Å². The molecule has 1 unspecified atom stereocenters. The molecule has 0 spiro atoms. The van der Waals surface area contributed by atoms with Crippen molar-refractivity contribution in [3.05, 3.63) is 36.0 Å². The summed E-state index contributed by atoms with van der Waals surface area (Å²) in [4.78, 5) is 4.13. The van der Waals surface area contributed by atoms with Gasteiger partial charge in [-0.1, -0.05) is 6.07 Å². The summed E-state index contributed by atoms with van der Waals surface area (Å²) < 4.78 is 32.7. The van der Waals surface area contributed by atoms with E-state index in [-0.39, 0.29) is 23.6 Å². The van der Waals surface area contributed by atoms with Crippen molar-refractivity contribution < 1.29 is 13.5 Å². The molecule has 0 aliphatic carbocycles. The van der Waals surface area contributed by atoms with E-state index in [0.717, 1.165) is 31.6 Å². The monoisotopic (exact) mass is 307 g/mol. The van der Waals surface area contributed by atoms with Gasteiger partial charge in [-0.25, -0.2) is 8.78 Å². The van der Waals surface area contributed by atoms with Gasteiger partial charge in [0.2, 0.25) is 5.95 Å². The van der Waals surface area contributed by atoms with Crippen LogP contribution in [0.15, 0.2) is 24.4 Å². The first-order valence-corrected chi connectivity index (χ1v) is 6.98. The van der Waals surface area contributed by atoms with Gasteiger partial charge >= 0.3 is 0 Å². The molecule has 1 aliphatic heterocycles. The predicted molar refractivity (Wildman–Crippen MR) is 76.9 cm³/mol. The van der Waals surface area contributed by atoms with Crippen molar-refractivity contribution in [1.29, 1.82) is 0 Å². The molecule has 0 amide bonds. The fourth-order valence-electron chi connectivity index (χ4n) is 2.19. The number of rotatable bonds is 5. The van der Waals surface area contributed by atoms with E-state index in [2.05, 4.69) is 25.8 Å². The van der Waals surface area contributed by atoms with Gasteiger partial charge in [0, 0.05) is 13.2 Å². The quantitative estimate of drug-likeness (QED) is 0.884. The van der Waals surface area contributed by atoms with Gasteiger partial charge in [0.1, 0.15) is 17.3 Å². The lowest BCUT2D eigenvalue weighted by molar-refractivity contribution is 0.120. The second-order valence-corrected chi connectivity index (χ2v) is 4.90. The molecule has 6 nitrogen and oxygen atoms in total. The maximum atomic E-state index is 13.6. The van der Waals surface area contributed by atoms with Crippen LogP contribution in [0.5, 0.6) is 0 Å². The number of nitrogens with one attached hydrogen (secondary N) is 2. The van der Waals surface area contributed by atoms with E-state index in [4.69, 9.17) is 4.74 Å². The third-order valence-electron chi connectivity index (χ3n) is 3.29. The van der Waals surface area contributed by atoms with Gasteiger partial charge in [-0.15, -0.1) is 5.10 Å². The first kappa shape index (κ1) is 14.6. The number of halogens is 2. The molecule has 0 saturated carbocycles. The van der Waals surface area contributed by atoms with Crippen molar-refractivity contribution in [2.75, 3.05) is 23.8 Å². The van der Waals surface area contributed by atoms with Gasteiger partial charge in [0.25, 0.3) is 0 Å². The summed E-state index contributed by atoms with van der Waals surface area (Å²) in [6.07, 6.45) is 3.45. The Bertz CT molecular complexity index is 629. The summed E-state index contributed by atoms with van der Waals surface area (Å²) in [6, 6.07) is 3.62. The Kier molecular flexibility index (Phi) is 4.38. The van der Waals surface area contributed by atoms with Crippen molar-refractivity contribution in [3.63, 3.8) is 0 Å². The zero-order valence-electron chi connectivity index (χ0n) is 11.7. The Morgan fingerprint density at radius 2 is 2.09 bits per heavy atom. The average Bonchev–Trinajstić information content (AvgIpc) is 3.03. The Hall–Kier alpha value is -2.35. The average molecular weight is 307 g/mol. The lowest BCUT2D eigenvalue weighted by atomic mass is 10.2. The van der Waals surface area contributed by atoms with Gasteiger partial charge < -0.3 is 15.4 Å². The molecule has 3 rings (SSSR count). The van der Waals surface area contributed by atoms with Crippen molar-refractivity contribution in [2.24, 2.45) is 0 Å². The Morgan fingerprint density at radius 1 is 1.27 bits per heavy atom. The van der Waals surface area contributed by atoms with Crippen LogP contribution in [0.2, 0.25) is 0 Å². The fourth-order valence-corrected chi connectivity index (χ4v) is 2.19. The molecule has 0 bridgehead atoms. The second kappa shape index (κ2) is 6.61. The van der Waals surface area contributed by atoms with E-state index in [1.165, 1.54) is 12.3 Å². The lowest BCUT2D eigenvalue weighted by Gasteiger charge is -2.11. The zero-order chi connectivity index (χ0) is 15.4. The van der Waals surface area contributed by atoms with Crippen LogP contribution in [0.3, 0.4) is 0 Å². The first-order valence-electron chi connectivity index (χ1n) is 6.98. The van der Waals surface area contributed by atoms with E-state index < -0.39 is 11.6 Å². The molecule has 22 heavy (non-hydrogen) atoms. The van der Waals surface area contributed by atoms with E-state index >= 15 is 0 Å². The number of ether oxygens (including phenoxy) is 1. The van der Waals surface area contributed by atoms with Crippen molar-refractivity contribution >= 4 is 17.5 Å². The summed E-state index contributed by atoms with van der Waals surface area (Å²) in [5.41, 5.74) is -0.270. The Balaban J connectivity index is 1.68. The number of para-hydroxylation sites is 1. The van der Waals surface area contributed by atoms with Gasteiger partial charge in [-0.05, 0) is 25.0 Å². The van der Waals surface area contributed by atoms with Crippen LogP contribution in [0.25, 0.3) is 0 Å². The van der Waals surface area contributed by atoms with Crippen LogP contribution in [0.4, 0.5) is 26.2 Å². The molecule has 1 fully saturated rings. The normalized spacial score (nSPS) is 17.5. The Morgan fingerprint density at radius 3 is 2.82 bits per heavy atom. The van der Waals surface area contributed by atoms with E-state index in [1.54, 1.807) is 0 Å². The van der Waals surface area contributed by atoms with Crippen LogP contribution in [0, 0.1) is 11.6 Å². The van der Waals surface area contributed by atoms with Gasteiger partial charge in [0.15, 0.2) is 5.82 Å². The maximum absolute atomic E-state index is 13.6. The summed E-state index contributed by atoms with van der Waals surface area (Å²) >= 11 is 0. The van der Waals surface area contributed by atoms with Crippen molar-refractivity contribution in [3.8, 4) is 0 Å². The second-order valence-electron chi connectivity index (χ2n) is 4.90. The molecule has 116 valence electrons. The molecular formula is C14H15F2N5O. The van der Waals surface area contributed by atoms with E-state index in [1.807, 2.05) is 0 Å². The topological polar surface area (TPSA) is 72.0 Å². The van der Waals surface area contributed by atoms with Crippen LogP contribution in [-0.4, -0.2) is 34.4 Å². The fraction of sp³-hybridized carbons (Fsp3) is 0.357. The van der Waals surface area contributed by atoms with Crippen LogP contribution < -0.4 is 10.6 Å². The minimum absolute atomic E-state index is 0.129. The first-order chi connectivity index (χ1) is 10.7. The van der Waals surface area contributed by atoms with Gasteiger partial charge in [-0.3, -0.25) is 0 Å². The van der Waals surface area contributed by atoms with Gasteiger partial charge in [-0.2, -0.15) is 10.1 Å². The highest BCUT2D eigenvalue weighted by Gasteiger charge is 2.16. The summed E-state index contributed by atoms with van der Waals surface area (Å²) in [5.74, 6) is -0.925. The molecule has 2 heterocycles. The molecule has 1 atom stereocenters. The summed E-state index contributed by atoms with van der Waals surface area (Å²) in [6.45, 7) is 1.33. The smallest absolute Gasteiger partial charge is 0.244 e. The SMILES string of the molecule is Fc1cccc(F)c1Nc1cnnc(NCC2CCCO2)n1. The maximum Gasteiger partial charge on any atom is 0.244 e. The van der Waals surface area contributed by atoms with E-state index in [0.29, 0.717) is 6.54 Å². The summed E-state index contributed by atoms with van der Waals surface area (Å²) in [7, 11) is 0. The zero-order valence-corrected chi connectivity index (χ0v) is 11.7. The lowest BCUT2D eigenvalue weighted by Crippen LogP contribution is -2.20. The molecule has 1 saturated heterocycles. The summed E-state index contributed by atoms with van der Waals surface area (Å²) in [5, 5.41) is 13.2. The minimum atomic E-state index is -0.701. The standard InChI is InChI=1S/C14H15F2N5O/c15-10-4-1-5-11(16)13(10)19-12-8-18-21-14(20-12)17-7-9-3-2-6-22-9/h1,4-5,8-9H,2-3,6-7H2,(H2,17,19,20,21). The third kappa shape index (κ3) is 3.45. The van der Waals surface area contributed by atoms with E-state index in [9.17, 15) is 8.78 Å². The molecule has 1 aliphatic rings. The molecule has 2 aromatic rings. The molecule has 2 N–H and O–H groups in total.